The molecule has 5 nitrogen and oxygen atoms in total. The van der Waals surface area contributed by atoms with Crippen LogP contribution in [-0.2, 0) is 4.79 Å². The first-order valence-electron chi connectivity index (χ1n) is 8.45. The van der Waals surface area contributed by atoms with E-state index in [0.717, 1.165) is 34.9 Å². The number of benzene rings is 2. The number of carbonyl (C=O) groups is 1. The Morgan fingerprint density at radius 1 is 1.19 bits per heavy atom. The van der Waals surface area contributed by atoms with Gasteiger partial charge >= 0.3 is 0 Å². The summed E-state index contributed by atoms with van der Waals surface area (Å²) >= 11 is 1.55. The molecule has 4 rings (SSSR count). The van der Waals surface area contributed by atoms with Gasteiger partial charge in [0.15, 0.2) is 6.61 Å². The van der Waals surface area contributed by atoms with E-state index in [1.807, 2.05) is 53.9 Å². The Hall–Kier alpha value is -2.86. The molecule has 6 heteroatoms. The Balaban J connectivity index is 1.46. The van der Waals surface area contributed by atoms with Gasteiger partial charge in [-0.2, -0.15) is 0 Å². The Morgan fingerprint density at radius 3 is 2.88 bits per heavy atom. The van der Waals surface area contributed by atoms with E-state index in [0.29, 0.717) is 13.2 Å². The number of ether oxygens (including phenoxy) is 2. The number of amides is 1. The highest BCUT2D eigenvalue weighted by atomic mass is 32.1. The molecule has 132 valence electrons. The van der Waals surface area contributed by atoms with Crippen LogP contribution in [0.2, 0.25) is 0 Å². The third-order valence-corrected chi connectivity index (χ3v) is 4.75. The molecule has 0 atom stereocenters. The van der Waals surface area contributed by atoms with Crippen molar-refractivity contribution < 1.29 is 14.3 Å². The molecule has 0 saturated heterocycles. The predicted octanol–water partition coefficient (Wildman–Crippen LogP) is 4.00. The fourth-order valence-electron chi connectivity index (χ4n) is 2.89. The van der Waals surface area contributed by atoms with Crippen molar-refractivity contribution in [3.05, 3.63) is 59.4 Å². The van der Waals surface area contributed by atoms with Crippen LogP contribution in [0.15, 0.2) is 59.4 Å². The number of aromatic nitrogens is 1. The first kappa shape index (κ1) is 16.6. The lowest BCUT2D eigenvalue weighted by atomic mass is 10.1. The predicted molar refractivity (Wildman–Crippen MR) is 102 cm³/mol. The molecule has 0 unspecified atom stereocenters. The summed E-state index contributed by atoms with van der Waals surface area (Å²) < 4.78 is 11.3. The number of thiazole rings is 1. The lowest BCUT2D eigenvalue weighted by molar-refractivity contribution is -0.121. The number of nitrogens with zero attached hydrogens (tertiary/aromatic N) is 2. The van der Waals surface area contributed by atoms with Crippen LogP contribution in [0.25, 0.3) is 11.3 Å². The van der Waals surface area contributed by atoms with Crippen LogP contribution < -0.4 is 14.4 Å². The minimum atomic E-state index is -0.0346. The summed E-state index contributed by atoms with van der Waals surface area (Å²) in [5, 5.41) is 1.99. The van der Waals surface area contributed by atoms with Crippen LogP contribution >= 0.6 is 11.3 Å². The van der Waals surface area contributed by atoms with Crippen LogP contribution in [0.3, 0.4) is 0 Å². The summed E-state index contributed by atoms with van der Waals surface area (Å²) in [6.45, 7) is 1.21. The van der Waals surface area contributed by atoms with Crippen LogP contribution in [0.4, 0.5) is 5.69 Å². The second-order valence-electron chi connectivity index (χ2n) is 5.91. The Kier molecular flexibility index (Phi) is 4.84. The number of hydrogen-bond acceptors (Lipinski definition) is 5. The molecule has 0 fully saturated rings. The molecule has 2 aromatic carbocycles. The van der Waals surface area contributed by atoms with Crippen LogP contribution in [0, 0.1) is 0 Å². The maximum atomic E-state index is 12.4. The van der Waals surface area contributed by atoms with E-state index in [9.17, 15) is 4.79 Å². The number of fused-ring (bicyclic) bond motifs is 1. The van der Waals surface area contributed by atoms with Crippen molar-refractivity contribution in [3.8, 4) is 22.8 Å². The lowest BCUT2D eigenvalue weighted by Gasteiger charge is -2.29. The molecular weight excluding hydrogens is 348 g/mol. The minimum Gasteiger partial charge on any atom is -0.494 e. The Labute approximate surface area is 155 Å². The van der Waals surface area contributed by atoms with Crippen molar-refractivity contribution in [3.63, 3.8) is 0 Å². The number of para-hydroxylation sites is 1. The van der Waals surface area contributed by atoms with Gasteiger partial charge in [0.25, 0.3) is 5.91 Å². The van der Waals surface area contributed by atoms with Crippen LogP contribution in [-0.4, -0.2) is 30.6 Å². The maximum Gasteiger partial charge on any atom is 0.265 e. The zero-order valence-electron chi connectivity index (χ0n) is 14.1. The molecule has 2 heterocycles. The van der Waals surface area contributed by atoms with E-state index in [1.54, 1.807) is 21.7 Å². The molecule has 0 aliphatic carbocycles. The summed E-state index contributed by atoms with van der Waals surface area (Å²) in [6, 6.07) is 15.5. The Morgan fingerprint density at radius 2 is 2.08 bits per heavy atom. The summed E-state index contributed by atoms with van der Waals surface area (Å²) in [4.78, 5) is 18.5. The SMILES string of the molecule is O=C1COc2ccc(-c3cscn3)cc2N1CCCOc1ccccc1. The van der Waals surface area contributed by atoms with E-state index >= 15 is 0 Å². The van der Waals surface area contributed by atoms with E-state index in [4.69, 9.17) is 9.47 Å². The van der Waals surface area contributed by atoms with Crippen molar-refractivity contribution in [1.82, 2.24) is 4.98 Å². The fourth-order valence-corrected chi connectivity index (χ4v) is 3.45. The average Bonchev–Trinajstić information content (AvgIpc) is 3.22. The molecular formula is C20H18N2O3S. The van der Waals surface area contributed by atoms with E-state index in [2.05, 4.69) is 4.98 Å². The first-order chi connectivity index (χ1) is 12.8. The highest BCUT2D eigenvalue weighted by Crippen LogP contribution is 2.36. The smallest absolute Gasteiger partial charge is 0.265 e. The summed E-state index contributed by atoms with van der Waals surface area (Å²) in [5.74, 6) is 1.53. The van der Waals surface area contributed by atoms with Crippen molar-refractivity contribution in [1.29, 1.82) is 0 Å². The van der Waals surface area contributed by atoms with E-state index in [-0.39, 0.29) is 12.5 Å². The Bertz CT molecular complexity index is 881. The highest BCUT2D eigenvalue weighted by molar-refractivity contribution is 7.07. The van der Waals surface area contributed by atoms with Crippen molar-refractivity contribution in [2.24, 2.45) is 0 Å². The number of carbonyl (C=O) groups excluding carboxylic acids is 1. The van der Waals surface area contributed by atoms with Gasteiger partial charge < -0.3 is 14.4 Å². The molecule has 0 N–H and O–H groups in total. The second-order valence-corrected chi connectivity index (χ2v) is 6.62. The monoisotopic (exact) mass is 366 g/mol. The minimum absolute atomic E-state index is 0.0346. The van der Waals surface area contributed by atoms with E-state index < -0.39 is 0 Å². The standard InChI is InChI=1S/C20H18N2O3S/c23-20-12-25-19-8-7-15(17-13-26-14-21-17)11-18(19)22(20)9-4-10-24-16-5-2-1-3-6-16/h1-3,5-8,11,13-14H,4,9-10,12H2. The summed E-state index contributed by atoms with van der Waals surface area (Å²) in [7, 11) is 0. The largest absolute Gasteiger partial charge is 0.494 e. The highest BCUT2D eigenvalue weighted by Gasteiger charge is 2.25. The van der Waals surface area contributed by atoms with Crippen LogP contribution in [0.5, 0.6) is 11.5 Å². The summed E-state index contributed by atoms with van der Waals surface area (Å²) in [5.41, 5.74) is 4.48. The molecule has 1 aliphatic heterocycles. The number of hydrogen-bond donors (Lipinski definition) is 0. The van der Waals surface area contributed by atoms with Crippen molar-refractivity contribution in [2.45, 2.75) is 6.42 Å². The lowest BCUT2D eigenvalue weighted by Crippen LogP contribution is -2.39. The van der Waals surface area contributed by atoms with Gasteiger partial charge in [-0.3, -0.25) is 4.79 Å². The van der Waals surface area contributed by atoms with Crippen LogP contribution in [0.1, 0.15) is 6.42 Å². The second kappa shape index (κ2) is 7.58. The molecule has 1 aliphatic rings. The van der Waals surface area contributed by atoms with Gasteiger partial charge in [-0.15, -0.1) is 11.3 Å². The number of rotatable bonds is 6. The zero-order valence-corrected chi connectivity index (χ0v) is 14.9. The first-order valence-corrected chi connectivity index (χ1v) is 9.39. The van der Waals surface area contributed by atoms with Gasteiger partial charge in [-0.05, 0) is 36.8 Å². The van der Waals surface area contributed by atoms with Gasteiger partial charge in [0.05, 0.1) is 23.5 Å². The van der Waals surface area contributed by atoms with Gasteiger partial charge in [0, 0.05) is 17.5 Å². The maximum absolute atomic E-state index is 12.4. The molecule has 26 heavy (non-hydrogen) atoms. The fraction of sp³-hybridized carbons (Fsp3) is 0.200. The quantitative estimate of drug-likeness (QED) is 0.619. The molecule has 1 aromatic heterocycles. The molecule has 0 radical (unpaired) electrons. The molecule has 0 bridgehead atoms. The third kappa shape index (κ3) is 3.55. The molecule has 3 aromatic rings. The normalized spacial score (nSPS) is 13.2. The molecule has 1 amide bonds. The van der Waals surface area contributed by atoms with Gasteiger partial charge in [-0.25, -0.2) is 4.98 Å². The van der Waals surface area contributed by atoms with E-state index in [1.165, 1.54) is 0 Å². The topological polar surface area (TPSA) is 51.7 Å². The summed E-state index contributed by atoms with van der Waals surface area (Å²) in [6.07, 6.45) is 0.737. The molecule has 0 saturated carbocycles. The third-order valence-electron chi connectivity index (χ3n) is 4.17. The van der Waals surface area contributed by atoms with Crippen molar-refractivity contribution in [2.75, 3.05) is 24.7 Å². The van der Waals surface area contributed by atoms with Crippen molar-refractivity contribution >= 4 is 22.9 Å². The van der Waals surface area contributed by atoms with Gasteiger partial charge in [0.1, 0.15) is 11.5 Å². The number of anilines is 1. The van der Waals surface area contributed by atoms with Gasteiger partial charge in [-0.1, -0.05) is 18.2 Å². The average molecular weight is 366 g/mol. The van der Waals surface area contributed by atoms with Gasteiger partial charge in [0.2, 0.25) is 0 Å². The molecule has 0 spiro atoms. The zero-order chi connectivity index (χ0) is 17.8.